The van der Waals surface area contributed by atoms with Gasteiger partial charge in [0.05, 0.1) is 29.8 Å². The second-order valence-corrected chi connectivity index (χ2v) is 8.11. The molecule has 1 fully saturated rings. The standard InChI is InChI=1S/C16H21N3O5S/c1-11-15(8-13(9-17)16(20)24-6-5-23-3)12(2)19(18-11)14-4-7-25(21,22)10-14/h8,14H,4-7,10H2,1-3H3/b13-8+/t14-/m0/s1. The number of aromatic nitrogens is 2. The summed E-state index contributed by atoms with van der Waals surface area (Å²) in [6.07, 6.45) is 1.95. The van der Waals surface area contributed by atoms with Crippen LogP contribution in [0, 0.1) is 25.2 Å². The molecule has 0 N–H and O–H groups in total. The predicted molar refractivity (Wildman–Crippen MR) is 90.4 cm³/mol. The summed E-state index contributed by atoms with van der Waals surface area (Å²) in [7, 11) is -1.55. The summed E-state index contributed by atoms with van der Waals surface area (Å²) in [5, 5.41) is 13.6. The minimum atomic E-state index is -3.03. The quantitative estimate of drug-likeness (QED) is 0.318. The van der Waals surface area contributed by atoms with Crippen LogP contribution in [0.2, 0.25) is 0 Å². The van der Waals surface area contributed by atoms with Gasteiger partial charge in [-0.2, -0.15) is 10.4 Å². The number of nitriles is 1. The molecule has 0 amide bonds. The predicted octanol–water partition coefficient (Wildman–Crippen LogP) is 0.956. The highest BCUT2D eigenvalue weighted by Gasteiger charge is 2.31. The molecule has 0 aromatic carbocycles. The minimum absolute atomic E-state index is 0.0578. The average Bonchev–Trinajstić information content (AvgIpc) is 3.05. The maximum Gasteiger partial charge on any atom is 0.348 e. The number of nitrogens with zero attached hydrogens (tertiary/aromatic N) is 3. The second-order valence-electron chi connectivity index (χ2n) is 5.88. The summed E-state index contributed by atoms with van der Waals surface area (Å²) in [6.45, 7) is 3.86. The molecule has 1 aliphatic rings. The molecular formula is C16H21N3O5S. The molecule has 136 valence electrons. The van der Waals surface area contributed by atoms with Crippen LogP contribution in [0.3, 0.4) is 0 Å². The van der Waals surface area contributed by atoms with Crippen LogP contribution in [0.4, 0.5) is 0 Å². The van der Waals surface area contributed by atoms with E-state index < -0.39 is 15.8 Å². The largest absolute Gasteiger partial charge is 0.459 e. The third-order valence-corrected chi connectivity index (χ3v) is 5.84. The molecule has 0 saturated carbocycles. The van der Waals surface area contributed by atoms with E-state index in [2.05, 4.69) is 5.10 Å². The van der Waals surface area contributed by atoms with Gasteiger partial charge in [-0.3, -0.25) is 4.68 Å². The van der Waals surface area contributed by atoms with Crippen molar-refractivity contribution in [2.75, 3.05) is 31.8 Å². The zero-order chi connectivity index (χ0) is 18.6. The zero-order valence-corrected chi connectivity index (χ0v) is 15.3. The number of aryl methyl sites for hydroxylation is 1. The normalized spacial score (nSPS) is 19.6. The lowest BCUT2D eigenvalue weighted by Gasteiger charge is -2.11. The summed E-state index contributed by atoms with van der Waals surface area (Å²) in [4.78, 5) is 11.9. The fraction of sp³-hybridized carbons (Fsp3) is 0.562. The molecule has 0 unspecified atom stereocenters. The molecule has 1 aliphatic heterocycles. The molecule has 0 radical (unpaired) electrons. The lowest BCUT2D eigenvalue weighted by Crippen LogP contribution is -2.14. The molecule has 2 rings (SSSR count). The molecule has 2 heterocycles. The molecule has 0 bridgehead atoms. The van der Waals surface area contributed by atoms with Crippen molar-refractivity contribution in [2.45, 2.75) is 26.3 Å². The van der Waals surface area contributed by atoms with E-state index in [-0.39, 0.29) is 36.3 Å². The van der Waals surface area contributed by atoms with E-state index in [9.17, 15) is 18.5 Å². The number of esters is 1. The van der Waals surface area contributed by atoms with Crippen LogP contribution in [0.1, 0.15) is 29.4 Å². The first-order valence-corrected chi connectivity index (χ1v) is 9.65. The first kappa shape index (κ1) is 19.1. The van der Waals surface area contributed by atoms with Crippen LogP contribution in [0.5, 0.6) is 0 Å². The number of methoxy groups -OCH3 is 1. The number of hydrogen-bond donors (Lipinski definition) is 0. The van der Waals surface area contributed by atoms with E-state index in [0.29, 0.717) is 17.7 Å². The Labute approximate surface area is 146 Å². The Morgan fingerprint density at radius 3 is 2.72 bits per heavy atom. The van der Waals surface area contributed by atoms with Crippen molar-refractivity contribution in [1.82, 2.24) is 9.78 Å². The van der Waals surface area contributed by atoms with Gasteiger partial charge >= 0.3 is 5.97 Å². The van der Waals surface area contributed by atoms with E-state index in [1.165, 1.54) is 13.2 Å². The van der Waals surface area contributed by atoms with E-state index >= 15 is 0 Å². The first-order valence-electron chi connectivity index (χ1n) is 7.83. The highest BCUT2D eigenvalue weighted by molar-refractivity contribution is 7.91. The molecule has 25 heavy (non-hydrogen) atoms. The van der Waals surface area contributed by atoms with E-state index in [4.69, 9.17) is 9.47 Å². The Kier molecular flexibility index (Phi) is 5.98. The van der Waals surface area contributed by atoms with E-state index in [1.807, 2.05) is 6.07 Å². The van der Waals surface area contributed by atoms with Gasteiger partial charge in [-0.25, -0.2) is 13.2 Å². The van der Waals surface area contributed by atoms with Gasteiger partial charge < -0.3 is 9.47 Å². The number of sulfone groups is 1. The summed E-state index contributed by atoms with van der Waals surface area (Å²) < 4.78 is 34.8. The maximum absolute atomic E-state index is 11.9. The first-order chi connectivity index (χ1) is 11.8. The van der Waals surface area contributed by atoms with Crippen molar-refractivity contribution in [3.63, 3.8) is 0 Å². The van der Waals surface area contributed by atoms with Gasteiger partial charge in [0.2, 0.25) is 0 Å². The average molecular weight is 367 g/mol. The van der Waals surface area contributed by atoms with Crippen LogP contribution < -0.4 is 0 Å². The monoisotopic (exact) mass is 367 g/mol. The second kappa shape index (κ2) is 7.80. The topological polar surface area (TPSA) is 111 Å². The minimum Gasteiger partial charge on any atom is -0.459 e. The lowest BCUT2D eigenvalue weighted by atomic mass is 10.1. The fourth-order valence-corrected chi connectivity index (χ4v) is 4.48. The lowest BCUT2D eigenvalue weighted by molar-refractivity contribution is -0.139. The highest BCUT2D eigenvalue weighted by atomic mass is 32.2. The van der Waals surface area contributed by atoms with Crippen LogP contribution in [0.15, 0.2) is 5.57 Å². The van der Waals surface area contributed by atoms with Crippen molar-refractivity contribution < 1.29 is 22.7 Å². The van der Waals surface area contributed by atoms with Crippen molar-refractivity contribution in [1.29, 1.82) is 5.26 Å². The van der Waals surface area contributed by atoms with Gasteiger partial charge in [-0.05, 0) is 26.3 Å². The Hall–Kier alpha value is -2.18. The molecule has 1 atom stereocenters. The van der Waals surface area contributed by atoms with Gasteiger partial charge in [-0.15, -0.1) is 0 Å². The molecule has 0 spiro atoms. The van der Waals surface area contributed by atoms with E-state index in [1.54, 1.807) is 18.5 Å². The number of carbonyl (C=O) groups is 1. The van der Waals surface area contributed by atoms with E-state index in [0.717, 1.165) is 5.69 Å². The van der Waals surface area contributed by atoms with Gasteiger partial charge in [0.1, 0.15) is 18.2 Å². The van der Waals surface area contributed by atoms with Crippen LogP contribution in [0.25, 0.3) is 6.08 Å². The molecule has 8 nitrogen and oxygen atoms in total. The smallest absolute Gasteiger partial charge is 0.348 e. The molecule has 1 aromatic heterocycles. The SMILES string of the molecule is COCCOC(=O)/C(C#N)=C/c1c(C)nn([C@H]2CCS(=O)(=O)C2)c1C. The molecular weight excluding hydrogens is 346 g/mol. The molecule has 1 aromatic rings. The summed E-state index contributed by atoms with van der Waals surface area (Å²) in [5.41, 5.74) is 1.83. The van der Waals surface area contributed by atoms with Gasteiger partial charge in [0, 0.05) is 18.4 Å². The van der Waals surface area contributed by atoms with Crippen molar-refractivity contribution >= 4 is 21.9 Å². The fourth-order valence-electron chi connectivity index (χ4n) is 2.78. The number of carbonyl (C=O) groups excluding carboxylic acids is 1. The Bertz CT molecular complexity index is 833. The van der Waals surface area contributed by atoms with Crippen molar-refractivity contribution in [2.24, 2.45) is 0 Å². The van der Waals surface area contributed by atoms with Gasteiger partial charge in [-0.1, -0.05) is 0 Å². The number of hydrogen-bond acceptors (Lipinski definition) is 7. The number of rotatable bonds is 6. The summed E-state index contributed by atoms with van der Waals surface area (Å²) in [6, 6.07) is 1.62. The highest BCUT2D eigenvalue weighted by Crippen LogP contribution is 2.27. The van der Waals surface area contributed by atoms with Crippen molar-refractivity contribution in [3.8, 4) is 6.07 Å². The summed E-state index contributed by atoms with van der Waals surface area (Å²) >= 11 is 0. The summed E-state index contributed by atoms with van der Waals surface area (Å²) in [5.74, 6) is -0.520. The van der Waals surface area contributed by atoms with Crippen molar-refractivity contribution in [3.05, 3.63) is 22.5 Å². The third-order valence-electron chi connectivity index (χ3n) is 4.08. The molecule has 9 heteroatoms. The molecule has 1 saturated heterocycles. The number of ether oxygens (including phenoxy) is 2. The Morgan fingerprint density at radius 1 is 1.44 bits per heavy atom. The van der Waals surface area contributed by atoms with Crippen LogP contribution >= 0.6 is 0 Å². The maximum atomic E-state index is 11.9. The zero-order valence-electron chi connectivity index (χ0n) is 14.5. The third kappa shape index (κ3) is 4.46. The van der Waals surface area contributed by atoms with Gasteiger partial charge in [0.15, 0.2) is 9.84 Å². The van der Waals surface area contributed by atoms with Gasteiger partial charge in [0.25, 0.3) is 0 Å². The van der Waals surface area contributed by atoms with Crippen LogP contribution in [-0.4, -0.2) is 56.0 Å². The Balaban J connectivity index is 2.27. The van der Waals surface area contributed by atoms with Crippen LogP contribution in [-0.2, 0) is 24.1 Å². The molecule has 0 aliphatic carbocycles. The Morgan fingerprint density at radius 2 is 2.16 bits per heavy atom.